The van der Waals surface area contributed by atoms with Crippen molar-refractivity contribution in [1.29, 1.82) is 0 Å². The van der Waals surface area contributed by atoms with Crippen molar-refractivity contribution in [2.75, 3.05) is 31.6 Å². The molecular formula is C27H33N5O4S. The minimum atomic E-state index is -0.938. The van der Waals surface area contributed by atoms with Gasteiger partial charge in [-0.25, -0.2) is 9.97 Å². The number of amides is 1. The van der Waals surface area contributed by atoms with E-state index in [4.69, 9.17) is 9.72 Å². The van der Waals surface area contributed by atoms with Crippen molar-refractivity contribution in [1.82, 2.24) is 19.9 Å². The lowest BCUT2D eigenvalue weighted by Crippen LogP contribution is -2.41. The van der Waals surface area contributed by atoms with Gasteiger partial charge in [-0.2, -0.15) is 0 Å². The van der Waals surface area contributed by atoms with Crippen molar-refractivity contribution in [3.63, 3.8) is 0 Å². The molecule has 1 spiro atoms. The van der Waals surface area contributed by atoms with Gasteiger partial charge in [0.15, 0.2) is 0 Å². The predicted octanol–water partition coefficient (Wildman–Crippen LogP) is 3.10. The summed E-state index contributed by atoms with van der Waals surface area (Å²) < 4.78 is 5.46. The number of anilines is 1. The molecular weight excluding hydrogens is 490 g/mol. The van der Waals surface area contributed by atoms with Crippen LogP contribution >= 0.6 is 11.3 Å². The second-order valence-electron chi connectivity index (χ2n) is 11.8. The average molecular weight is 524 g/mol. The zero-order valence-electron chi connectivity index (χ0n) is 20.9. The molecule has 4 fully saturated rings. The minimum absolute atomic E-state index is 0.132. The Labute approximate surface area is 219 Å². The smallest absolute Gasteiger partial charge is 0.251 e. The normalized spacial score (nSPS) is 31.1. The minimum Gasteiger partial charge on any atom is -0.384 e. The van der Waals surface area contributed by atoms with Crippen LogP contribution in [0.5, 0.6) is 0 Å². The first-order valence-corrected chi connectivity index (χ1v) is 14.1. The third kappa shape index (κ3) is 3.88. The number of likely N-dealkylation sites (tertiary alicyclic amines) is 1. The number of hydrogen-bond donors (Lipinski definition) is 4. The number of fused-ring (bicyclic) bond motifs is 2. The molecule has 10 heteroatoms. The lowest BCUT2D eigenvalue weighted by molar-refractivity contribution is -0.138. The lowest BCUT2D eigenvalue weighted by atomic mass is 9.82. The average Bonchev–Trinajstić information content (AvgIpc) is 3.64. The van der Waals surface area contributed by atoms with Crippen molar-refractivity contribution < 1.29 is 19.7 Å². The number of carbonyl (C=O) groups is 1. The van der Waals surface area contributed by atoms with E-state index >= 15 is 0 Å². The van der Waals surface area contributed by atoms with Crippen LogP contribution in [0.3, 0.4) is 0 Å². The molecule has 2 unspecified atom stereocenters. The van der Waals surface area contributed by atoms with E-state index in [9.17, 15) is 15.0 Å². The number of H-pyrrole nitrogens is 1. The molecule has 196 valence electrons. The van der Waals surface area contributed by atoms with Crippen LogP contribution < -0.4 is 5.32 Å². The summed E-state index contributed by atoms with van der Waals surface area (Å²) in [5, 5.41) is 26.9. The second-order valence-corrected chi connectivity index (χ2v) is 12.8. The third-order valence-electron chi connectivity index (χ3n) is 9.10. The number of thiazole rings is 1. The molecule has 4 aliphatic rings. The van der Waals surface area contributed by atoms with Gasteiger partial charge in [0.1, 0.15) is 22.4 Å². The quantitative estimate of drug-likeness (QED) is 0.405. The van der Waals surface area contributed by atoms with Gasteiger partial charge >= 0.3 is 0 Å². The number of ether oxygens (including phenoxy) is 1. The standard InChI is InChI=1S/C27H33N5O4S/c1-15(33)25(34)32-10-16-6-18(7-17(16)11-32)31-22-19-2-5-28-23(19)29-8-20(22)24-30-9-21(37-24)27(35)4-3-26(12-27)13-36-14-26/h2,5,8-9,15-18,33,35H,3-4,6-7,10-14H2,1H3,(H2,28,29,31)/t15-,16-,17+,18?,27?/m0/s1. The molecule has 9 nitrogen and oxygen atoms in total. The van der Waals surface area contributed by atoms with E-state index in [2.05, 4.69) is 15.3 Å². The van der Waals surface area contributed by atoms with Crippen molar-refractivity contribution in [2.45, 2.75) is 56.8 Å². The fraction of sp³-hybridized carbons (Fsp3) is 0.593. The third-order valence-corrected chi connectivity index (χ3v) is 10.3. The van der Waals surface area contributed by atoms with Gasteiger partial charge in [0.2, 0.25) is 0 Å². The molecule has 2 saturated carbocycles. The molecule has 5 atom stereocenters. The highest BCUT2D eigenvalue weighted by Crippen LogP contribution is 2.54. The molecule has 37 heavy (non-hydrogen) atoms. The van der Waals surface area contributed by atoms with E-state index in [0.717, 1.165) is 90.6 Å². The number of pyridine rings is 1. The zero-order chi connectivity index (χ0) is 25.4. The van der Waals surface area contributed by atoms with Crippen LogP contribution in [-0.4, -0.2) is 74.4 Å². The van der Waals surface area contributed by atoms with Crippen LogP contribution in [0.2, 0.25) is 0 Å². The Bertz CT molecular complexity index is 1340. The summed E-state index contributed by atoms with van der Waals surface area (Å²) in [7, 11) is 0. The lowest BCUT2D eigenvalue weighted by Gasteiger charge is -2.38. The highest BCUT2D eigenvalue weighted by atomic mass is 32.1. The van der Waals surface area contributed by atoms with E-state index in [1.807, 2.05) is 29.6 Å². The van der Waals surface area contributed by atoms with Crippen molar-refractivity contribution >= 4 is 34.0 Å². The van der Waals surface area contributed by atoms with Crippen molar-refractivity contribution in [2.24, 2.45) is 17.3 Å². The maximum atomic E-state index is 12.3. The molecule has 7 rings (SSSR count). The summed E-state index contributed by atoms with van der Waals surface area (Å²) in [6.45, 7) is 4.48. The van der Waals surface area contributed by atoms with Gasteiger partial charge in [0.05, 0.1) is 29.3 Å². The number of aromatic nitrogens is 3. The first-order valence-electron chi connectivity index (χ1n) is 13.3. The van der Waals surface area contributed by atoms with Crippen LogP contribution in [0.25, 0.3) is 21.6 Å². The van der Waals surface area contributed by atoms with Gasteiger partial charge in [-0.15, -0.1) is 11.3 Å². The topological polar surface area (TPSA) is 124 Å². The van der Waals surface area contributed by atoms with Gasteiger partial charge in [0, 0.05) is 48.5 Å². The maximum absolute atomic E-state index is 12.3. The van der Waals surface area contributed by atoms with Crippen LogP contribution in [0.15, 0.2) is 24.7 Å². The number of nitrogens with one attached hydrogen (secondary N) is 2. The Hall–Kier alpha value is -2.53. The Morgan fingerprint density at radius 1 is 1.24 bits per heavy atom. The Morgan fingerprint density at radius 2 is 2.03 bits per heavy atom. The number of carbonyl (C=O) groups excluding carboxylic acids is 1. The van der Waals surface area contributed by atoms with E-state index in [0.29, 0.717) is 11.8 Å². The molecule has 5 heterocycles. The molecule has 2 aliphatic heterocycles. The predicted molar refractivity (Wildman–Crippen MR) is 140 cm³/mol. The first kappa shape index (κ1) is 23.6. The fourth-order valence-corrected chi connectivity index (χ4v) is 8.17. The summed E-state index contributed by atoms with van der Waals surface area (Å²) in [5.74, 6) is 0.722. The first-order chi connectivity index (χ1) is 17.8. The summed E-state index contributed by atoms with van der Waals surface area (Å²) in [4.78, 5) is 27.6. The maximum Gasteiger partial charge on any atom is 0.251 e. The highest BCUT2D eigenvalue weighted by Gasteiger charge is 2.53. The van der Waals surface area contributed by atoms with Crippen molar-refractivity contribution in [3.8, 4) is 10.6 Å². The van der Waals surface area contributed by atoms with Crippen LogP contribution in [-0.2, 0) is 15.1 Å². The molecule has 0 bridgehead atoms. The molecule has 4 N–H and O–H groups in total. The van der Waals surface area contributed by atoms with Crippen LogP contribution in [0, 0.1) is 17.3 Å². The number of aliphatic hydroxyl groups is 2. The largest absolute Gasteiger partial charge is 0.384 e. The van der Waals surface area contributed by atoms with E-state index in [1.54, 1.807) is 18.3 Å². The summed E-state index contributed by atoms with van der Waals surface area (Å²) in [5.41, 5.74) is 2.10. The van der Waals surface area contributed by atoms with Gasteiger partial charge in [-0.05, 0) is 56.9 Å². The summed E-state index contributed by atoms with van der Waals surface area (Å²) in [6.07, 6.45) is 9.13. The number of aromatic amines is 1. The Morgan fingerprint density at radius 3 is 2.70 bits per heavy atom. The van der Waals surface area contributed by atoms with Gasteiger partial charge in [0.25, 0.3) is 5.91 Å². The monoisotopic (exact) mass is 523 g/mol. The molecule has 3 aromatic rings. The van der Waals surface area contributed by atoms with E-state index in [-0.39, 0.29) is 17.4 Å². The second kappa shape index (κ2) is 8.49. The Balaban J connectivity index is 1.14. The van der Waals surface area contributed by atoms with E-state index in [1.165, 1.54) is 0 Å². The summed E-state index contributed by atoms with van der Waals surface area (Å²) >= 11 is 1.56. The molecule has 0 aromatic carbocycles. The van der Waals surface area contributed by atoms with Gasteiger partial charge < -0.3 is 30.2 Å². The number of hydrogen-bond acceptors (Lipinski definition) is 8. The molecule has 3 aromatic heterocycles. The fourth-order valence-electron chi connectivity index (χ4n) is 7.12. The Kier molecular flexibility index (Phi) is 5.41. The number of rotatable bonds is 5. The number of nitrogens with zero attached hydrogens (tertiary/aromatic N) is 3. The van der Waals surface area contributed by atoms with E-state index < -0.39 is 11.7 Å². The molecule has 0 radical (unpaired) electrons. The van der Waals surface area contributed by atoms with Crippen LogP contribution in [0.4, 0.5) is 5.69 Å². The number of aliphatic hydroxyl groups excluding tert-OH is 1. The molecule has 2 saturated heterocycles. The highest BCUT2D eigenvalue weighted by molar-refractivity contribution is 7.15. The zero-order valence-corrected chi connectivity index (χ0v) is 21.8. The van der Waals surface area contributed by atoms with Crippen molar-refractivity contribution in [3.05, 3.63) is 29.5 Å². The van der Waals surface area contributed by atoms with Gasteiger partial charge in [-0.1, -0.05) is 0 Å². The van der Waals surface area contributed by atoms with Crippen LogP contribution in [0.1, 0.15) is 43.9 Å². The molecule has 2 aliphatic carbocycles. The molecule has 1 amide bonds. The SMILES string of the molecule is C[C@H](O)C(=O)N1C[C@H]2CC(Nc3c(-c4ncc(C5(O)CCC6(COC6)C5)s4)cnc4[nH]ccc34)C[C@H]2C1. The van der Waals surface area contributed by atoms with Gasteiger partial charge in [-0.3, -0.25) is 4.79 Å². The summed E-state index contributed by atoms with van der Waals surface area (Å²) in [6, 6.07) is 2.33.